The fourth-order valence-corrected chi connectivity index (χ4v) is 3.47. The van der Waals surface area contributed by atoms with Gasteiger partial charge >= 0.3 is 5.69 Å². The maximum absolute atomic E-state index is 12.3. The van der Waals surface area contributed by atoms with Crippen molar-refractivity contribution in [2.24, 2.45) is 7.05 Å². The Morgan fingerprint density at radius 1 is 1.37 bits per heavy atom. The molecule has 1 N–H and O–H groups in total. The van der Waals surface area contributed by atoms with Gasteiger partial charge in [0.2, 0.25) is 5.91 Å². The number of thioether (sulfide) groups is 1. The van der Waals surface area contributed by atoms with Crippen LogP contribution in [0.1, 0.15) is 5.56 Å². The lowest BCUT2D eigenvalue weighted by molar-refractivity contribution is -0.385. The van der Waals surface area contributed by atoms with E-state index in [1.807, 2.05) is 35.9 Å². The minimum Gasteiger partial charge on any atom is -0.490 e. The Balaban J connectivity index is 1.72. The summed E-state index contributed by atoms with van der Waals surface area (Å²) >= 11 is 1.32. The van der Waals surface area contributed by atoms with Gasteiger partial charge in [0.05, 0.1) is 28.8 Å². The van der Waals surface area contributed by atoms with E-state index in [-0.39, 0.29) is 23.1 Å². The molecule has 0 saturated heterocycles. The molecule has 0 aliphatic carbocycles. The molecule has 0 spiro atoms. The Labute approximate surface area is 159 Å². The summed E-state index contributed by atoms with van der Waals surface area (Å²) < 4.78 is 6.99. The van der Waals surface area contributed by atoms with E-state index in [0.29, 0.717) is 11.3 Å². The van der Waals surface area contributed by atoms with Gasteiger partial charge in [0, 0.05) is 24.9 Å². The van der Waals surface area contributed by atoms with Crippen molar-refractivity contribution in [1.82, 2.24) is 9.55 Å². The van der Waals surface area contributed by atoms with Gasteiger partial charge in [-0.05, 0) is 24.6 Å². The average Bonchev–Trinajstić information content (AvgIpc) is 2.97. The van der Waals surface area contributed by atoms with E-state index in [0.717, 1.165) is 16.2 Å². The second-order valence-electron chi connectivity index (χ2n) is 5.88. The van der Waals surface area contributed by atoms with Gasteiger partial charge in [-0.2, -0.15) is 0 Å². The number of nitro groups is 1. The fourth-order valence-electron chi connectivity index (χ4n) is 2.68. The van der Waals surface area contributed by atoms with Crippen LogP contribution in [-0.2, 0) is 11.8 Å². The number of methoxy groups -OCH3 is 1. The number of aryl methyl sites for hydroxylation is 2. The number of ether oxygens (including phenoxy) is 1. The van der Waals surface area contributed by atoms with E-state index in [1.165, 1.54) is 31.0 Å². The van der Waals surface area contributed by atoms with Crippen molar-refractivity contribution < 1.29 is 14.5 Å². The van der Waals surface area contributed by atoms with E-state index in [1.54, 1.807) is 6.92 Å². The van der Waals surface area contributed by atoms with Crippen molar-refractivity contribution in [3.05, 3.63) is 52.1 Å². The van der Waals surface area contributed by atoms with Crippen LogP contribution >= 0.6 is 11.8 Å². The van der Waals surface area contributed by atoms with Crippen molar-refractivity contribution in [1.29, 1.82) is 0 Å². The number of hydrogen-bond acceptors (Lipinski definition) is 6. The van der Waals surface area contributed by atoms with E-state index in [4.69, 9.17) is 4.74 Å². The number of imidazole rings is 1. The predicted molar refractivity (Wildman–Crippen MR) is 104 cm³/mol. The highest BCUT2D eigenvalue weighted by atomic mass is 32.2. The van der Waals surface area contributed by atoms with E-state index in [9.17, 15) is 14.9 Å². The maximum Gasteiger partial charge on any atom is 0.311 e. The quantitative estimate of drug-likeness (QED) is 0.395. The molecule has 0 atom stereocenters. The molecule has 2 aromatic carbocycles. The Kier molecular flexibility index (Phi) is 5.31. The van der Waals surface area contributed by atoms with E-state index < -0.39 is 4.92 Å². The molecule has 140 valence electrons. The molecule has 1 aromatic heterocycles. The number of nitrogens with zero attached hydrogens (tertiary/aromatic N) is 3. The molecular weight excluding hydrogens is 368 g/mol. The number of fused-ring (bicyclic) bond motifs is 1. The standard InChI is InChI=1S/C18H18N4O4S/c1-11-8-15(22(24)25)16(26-3)9-13(11)19-17(23)10-27-18-20-12-6-4-5-7-14(12)21(18)2/h4-9H,10H2,1-3H3,(H,19,23). The molecule has 3 aromatic rings. The normalized spacial score (nSPS) is 10.8. The molecule has 0 unspecified atom stereocenters. The topological polar surface area (TPSA) is 99.3 Å². The number of hydrogen-bond donors (Lipinski definition) is 1. The minimum absolute atomic E-state index is 0.101. The second-order valence-corrected chi connectivity index (χ2v) is 6.82. The first-order valence-electron chi connectivity index (χ1n) is 8.08. The number of rotatable bonds is 6. The van der Waals surface area contributed by atoms with Crippen LogP contribution < -0.4 is 10.1 Å². The third kappa shape index (κ3) is 3.87. The molecule has 0 aliphatic heterocycles. The molecule has 0 fully saturated rings. The third-order valence-electron chi connectivity index (χ3n) is 4.08. The highest BCUT2D eigenvalue weighted by Gasteiger charge is 2.18. The second kappa shape index (κ2) is 7.67. The summed E-state index contributed by atoms with van der Waals surface area (Å²) in [5.41, 5.74) is 2.80. The summed E-state index contributed by atoms with van der Waals surface area (Å²) in [6.45, 7) is 1.70. The highest BCUT2D eigenvalue weighted by molar-refractivity contribution is 7.99. The number of nitrogens with one attached hydrogen (secondary N) is 1. The number of amides is 1. The molecule has 0 aliphatic rings. The smallest absolute Gasteiger partial charge is 0.311 e. The SMILES string of the molecule is COc1cc(NC(=O)CSc2nc3ccccc3n2C)c(C)cc1[N+](=O)[O-]. The van der Waals surface area contributed by atoms with Gasteiger partial charge in [-0.1, -0.05) is 23.9 Å². The lowest BCUT2D eigenvalue weighted by Crippen LogP contribution is -2.15. The zero-order valence-electron chi connectivity index (χ0n) is 15.1. The van der Waals surface area contributed by atoms with Gasteiger partial charge in [0.25, 0.3) is 0 Å². The van der Waals surface area contributed by atoms with Crippen LogP contribution in [0.5, 0.6) is 5.75 Å². The van der Waals surface area contributed by atoms with Gasteiger partial charge in [0.1, 0.15) is 0 Å². The Morgan fingerprint density at radius 2 is 2.11 bits per heavy atom. The first kappa shape index (κ1) is 18.7. The first-order valence-corrected chi connectivity index (χ1v) is 9.06. The zero-order chi connectivity index (χ0) is 19.6. The number of benzene rings is 2. The summed E-state index contributed by atoms with van der Waals surface area (Å²) in [5.74, 6) is 0.0329. The van der Waals surface area contributed by atoms with E-state index in [2.05, 4.69) is 10.3 Å². The average molecular weight is 386 g/mol. The van der Waals surface area contributed by atoms with Crippen molar-refractivity contribution in [2.45, 2.75) is 12.1 Å². The summed E-state index contributed by atoms with van der Waals surface area (Å²) in [4.78, 5) is 27.4. The van der Waals surface area contributed by atoms with Crippen molar-refractivity contribution >= 4 is 40.1 Å². The zero-order valence-corrected chi connectivity index (χ0v) is 15.9. The monoisotopic (exact) mass is 386 g/mol. The van der Waals surface area contributed by atoms with Gasteiger partial charge in [-0.15, -0.1) is 0 Å². The number of aromatic nitrogens is 2. The predicted octanol–water partition coefficient (Wildman–Crippen LogP) is 3.53. The number of carbonyl (C=O) groups is 1. The lowest BCUT2D eigenvalue weighted by Gasteiger charge is -2.10. The summed E-state index contributed by atoms with van der Waals surface area (Å²) in [6, 6.07) is 10.6. The maximum atomic E-state index is 12.3. The molecular formula is C18H18N4O4S. The number of nitro benzene ring substituents is 1. The number of carbonyl (C=O) groups excluding carboxylic acids is 1. The van der Waals surface area contributed by atoms with Gasteiger partial charge in [-0.3, -0.25) is 14.9 Å². The molecule has 0 bridgehead atoms. The highest BCUT2D eigenvalue weighted by Crippen LogP contribution is 2.33. The molecule has 3 rings (SSSR count). The Hall–Kier alpha value is -3.07. The fraction of sp³-hybridized carbons (Fsp3) is 0.222. The first-order chi connectivity index (χ1) is 12.9. The van der Waals surface area contributed by atoms with Crippen LogP contribution in [0.15, 0.2) is 41.6 Å². The molecule has 9 heteroatoms. The van der Waals surface area contributed by atoms with Crippen LogP contribution in [0.4, 0.5) is 11.4 Å². The van der Waals surface area contributed by atoms with Crippen LogP contribution in [0, 0.1) is 17.0 Å². The Bertz CT molecular complexity index is 1030. The molecule has 1 amide bonds. The number of para-hydroxylation sites is 2. The Morgan fingerprint density at radius 3 is 2.78 bits per heavy atom. The van der Waals surface area contributed by atoms with Crippen molar-refractivity contribution in [3.8, 4) is 5.75 Å². The summed E-state index contributed by atoms with van der Waals surface area (Å²) in [5, 5.41) is 14.6. The van der Waals surface area contributed by atoms with Crippen LogP contribution in [0.3, 0.4) is 0 Å². The van der Waals surface area contributed by atoms with Crippen LogP contribution in [0.25, 0.3) is 11.0 Å². The summed E-state index contributed by atoms with van der Waals surface area (Å²) in [6.07, 6.45) is 0. The molecule has 0 saturated carbocycles. The molecule has 27 heavy (non-hydrogen) atoms. The third-order valence-corrected chi connectivity index (χ3v) is 5.10. The van der Waals surface area contributed by atoms with Crippen LogP contribution in [0.2, 0.25) is 0 Å². The number of anilines is 1. The van der Waals surface area contributed by atoms with Gasteiger partial charge in [-0.25, -0.2) is 4.98 Å². The molecule has 1 heterocycles. The molecule has 8 nitrogen and oxygen atoms in total. The van der Waals surface area contributed by atoms with Gasteiger partial charge in [0.15, 0.2) is 10.9 Å². The lowest BCUT2D eigenvalue weighted by atomic mass is 10.1. The molecule has 0 radical (unpaired) electrons. The largest absolute Gasteiger partial charge is 0.490 e. The van der Waals surface area contributed by atoms with E-state index >= 15 is 0 Å². The summed E-state index contributed by atoms with van der Waals surface area (Å²) in [7, 11) is 3.26. The minimum atomic E-state index is -0.515. The van der Waals surface area contributed by atoms with Crippen molar-refractivity contribution in [2.75, 3.05) is 18.2 Å². The van der Waals surface area contributed by atoms with Crippen LogP contribution in [-0.4, -0.2) is 33.2 Å². The van der Waals surface area contributed by atoms with Crippen molar-refractivity contribution in [3.63, 3.8) is 0 Å². The van der Waals surface area contributed by atoms with Gasteiger partial charge < -0.3 is 14.6 Å².